The monoisotopic (exact) mass is 295 g/mol. The lowest BCUT2D eigenvalue weighted by Gasteiger charge is -2.20. The average molecular weight is 295 g/mol. The summed E-state index contributed by atoms with van der Waals surface area (Å²) in [5.41, 5.74) is 6.19. The first-order chi connectivity index (χ1) is 9.56. The lowest BCUT2D eigenvalue weighted by Crippen LogP contribution is -2.39. The van der Waals surface area contributed by atoms with E-state index >= 15 is 0 Å². The molecule has 110 valence electrons. The number of ether oxygens (including phenoxy) is 1. The van der Waals surface area contributed by atoms with Gasteiger partial charge in [-0.25, -0.2) is 0 Å². The molecule has 1 amide bonds. The van der Waals surface area contributed by atoms with Crippen molar-refractivity contribution in [2.24, 2.45) is 5.73 Å². The molecule has 0 atom stereocenters. The number of carbonyl (C=O) groups excluding carboxylic acids is 1. The second kappa shape index (κ2) is 8.50. The summed E-state index contributed by atoms with van der Waals surface area (Å²) >= 11 is 4.89. The molecule has 0 aliphatic rings. The summed E-state index contributed by atoms with van der Waals surface area (Å²) in [6, 6.07) is 7.30. The summed E-state index contributed by atoms with van der Waals surface area (Å²) in [6.07, 6.45) is 0.935. The molecule has 0 aliphatic carbocycles. The number of nitrogens with two attached hydrogens (primary N) is 1. The number of anilines is 1. The minimum atomic E-state index is -0.112. The van der Waals surface area contributed by atoms with E-state index in [1.54, 1.807) is 19.2 Å². The fourth-order valence-corrected chi connectivity index (χ4v) is 2.07. The number of nitrogens with zero attached hydrogens (tertiary/aromatic N) is 1. The normalized spacial score (nSPS) is 10.3. The third-order valence-corrected chi connectivity index (χ3v) is 2.80. The van der Waals surface area contributed by atoms with Gasteiger partial charge in [0.15, 0.2) is 0 Å². The molecule has 0 unspecified atom stereocenters. The maximum Gasteiger partial charge on any atom is 0.238 e. The smallest absolute Gasteiger partial charge is 0.238 e. The van der Waals surface area contributed by atoms with Crippen LogP contribution >= 0.6 is 12.2 Å². The van der Waals surface area contributed by atoms with Crippen LogP contribution in [0.5, 0.6) is 5.75 Å². The van der Waals surface area contributed by atoms with E-state index in [2.05, 4.69) is 5.32 Å². The third kappa shape index (κ3) is 5.54. The van der Waals surface area contributed by atoms with Crippen LogP contribution in [0.25, 0.3) is 0 Å². The van der Waals surface area contributed by atoms with Crippen LogP contribution in [0.3, 0.4) is 0 Å². The van der Waals surface area contributed by atoms with Gasteiger partial charge in [0.05, 0.1) is 24.3 Å². The Morgan fingerprint density at radius 2 is 2.10 bits per heavy atom. The Morgan fingerprint density at radius 1 is 1.40 bits per heavy atom. The maximum absolute atomic E-state index is 12.1. The van der Waals surface area contributed by atoms with Crippen LogP contribution in [0.4, 0.5) is 5.69 Å². The molecule has 0 spiro atoms. The van der Waals surface area contributed by atoms with Crippen molar-refractivity contribution in [2.45, 2.75) is 13.3 Å². The number of carbonyl (C=O) groups is 1. The van der Waals surface area contributed by atoms with Crippen LogP contribution in [0.2, 0.25) is 0 Å². The molecule has 0 bridgehead atoms. The molecule has 1 rings (SSSR count). The second-order valence-electron chi connectivity index (χ2n) is 4.43. The highest BCUT2D eigenvalue weighted by atomic mass is 32.1. The summed E-state index contributed by atoms with van der Waals surface area (Å²) in [5, 5.41) is 2.83. The SMILES string of the molecule is CCCN(CC(=O)Nc1ccccc1OC)CC(N)=S. The summed E-state index contributed by atoms with van der Waals surface area (Å²) in [6.45, 7) is 3.52. The first-order valence-corrected chi connectivity index (χ1v) is 6.91. The van der Waals surface area contributed by atoms with E-state index in [1.807, 2.05) is 24.0 Å². The lowest BCUT2D eigenvalue weighted by atomic mass is 10.3. The fraction of sp³-hybridized carbons (Fsp3) is 0.429. The zero-order valence-electron chi connectivity index (χ0n) is 11.9. The van der Waals surface area contributed by atoms with Crippen LogP contribution in [0.1, 0.15) is 13.3 Å². The Hall–Kier alpha value is -1.66. The third-order valence-electron chi connectivity index (χ3n) is 2.67. The standard InChI is InChI=1S/C14H21N3O2S/c1-3-8-17(9-13(15)20)10-14(18)16-11-6-4-5-7-12(11)19-2/h4-7H,3,8-10H2,1-2H3,(H2,15,20)(H,16,18). The van der Waals surface area contributed by atoms with E-state index < -0.39 is 0 Å². The number of nitrogens with one attached hydrogen (secondary N) is 1. The molecule has 0 aromatic heterocycles. The highest BCUT2D eigenvalue weighted by Gasteiger charge is 2.12. The van der Waals surface area contributed by atoms with E-state index in [-0.39, 0.29) is 12.5 Å². The van der Waals surface area contributed by atoms with Crippen LogP contribution in [-0.2, 0) is 4.79 Å². The number of hydrogen-bond donors (Lipinski definition) is 2. The molecule has 0 fully saturated rings. The van der Waals surface area contributed by atoms with Gasteiger partial charge in [-0.05, 0) is 25.1 Å². The average Bonchev–Trinajstić information content (AvgIpc) is 2.38. The summed E-state index contributed by atoms with van der Waals surface area (Å²) in [7, 11) is 1.57. The highest BCUT2D eigenvalue weighted by molar-refractivity contribution is 7.80. The lowest BCUT2D eigenvalue weighted by molar-refractivity contribution is -0.117. The van der Waals surface area contributed by atoms with E-state index in [1.165, 1.54) is 0 Å². The number of rotatable bonds is 8. The summed E-state index contributed by atoms with van der Waals surface area (Å²) < 4.78 is 5.19. The van der Waals surface area contributed by atoms with Crippen molar-refractivity contribution in [3.8, 4) is 5.75 Å². The van der Waals surface area contributed by atoms with Gasteiger partial charge >= 0.3 is 0 Å². The van der Waals surface area contributed by atoms with Gasteiger partial charge < -0.3 is 15.8 Å². The van der Waals surface area contributed by atoms with Crippen molar-refractivity contribution >= 4 is 28.8 Å². The van der Waals surface area contributed by atoms with Crippen LogP contribution in [0.15, 0.2) is 24.3 Å². The first kappa shape index (κ1) is 16.4. The largest absolute Gasteiger partial charge is 0.495 e. The van der Waals surface area contributed by atoms with Crippen molar-refractivity contribution < 1.29 is 9.53 Å². The van der Waals surface area contributed by atoms with Gasteiger partial charge in [0.25, 0.3) is 0 Å². The van der Waals surface area contributed by atoms with Gasteiger partial charge in [0.2, 0.25) is 5.91 Å². The van der Waals surface area contributed by atoms with Crippen molar-refractivity contribution in [3.05, 3.63) is 24.3 Å². The Bertz CT molecular complexity index is 465. The predicted octanol–water partition coefficient (Wildman–Crippen LogP) is 1.63. The number of amides is 1. The maximum atomic E-state index is 12.1. The fourth-order valence-electron chi connectivity index (χ4n) is 1.89. The van der Waals surface area contributed by atoms with Crippen LogP contribution in [0, 0.1) is 0 Å². The van der Waals surface area contributed by atoms with Crippen molar-refractivity contribution in [3.63, 3.8) is 0 Å². The van der Waals surface area contributed by atoms with Crippen LogP contribution < -0.4 is 15.8 Å². The minimum Gasteiger partial charge on any atom is -0.495 e. The number of thiocarbonyl (C=S) groups is 1. The van der Waals surface area contributed by atoms with E-state index in [4.69, 9.17) is 22.7 Å². The quantitative estimate of drug-likeness (QED) is 0.714. The molecule has 20 heavy (non-hydrogen) atoms. The summed E-state index contributed by atoms with van der Waals surface area (Å²) in [5.74, 6) is 0.524. The number of para-hydroxylation sites is 2. The first-order valence-electron chi connectivity index (χ1n) is 6.50. The molecular formula is C14H21N3O2S. The molecule has 1 aromatic rings. The van der Waals surface area contributed by atoms with Crippen LogP contribution in [-0.4, -0.2) is 42.5 Å². The zero-order chi connectivity index (χ0) is 15.0. The van der Waals surface area contributed by atoms with Crippen molar-refractivity contribution in [1.29, 1.82) is 0 Å². The topological polar surface area (TPSA) is 67.6 Å². The van der Waals surface area contributed by atoms with Gasteiger partial charge in [0.1, 0.15) is 5.75 Å². The Labute approximate surface area is 125 Å². The number of hydrogen-bond acceptors (Lipinski definition) is 4. The minimum absolute atomic E-state index is 0.112. The molecule has 0 radical (unpaired) electrons. The molecule has 0 saturated carbocycles. The van der Waals surface area contributed by atoms with E-state index in [0.717, 1.165) is 13.0 Å². The molecule has 0 saturated heterocycles. The summed E-state index contributed by atoms with van der Waals surface area (Å²) in [4.78, 5) is 14.4. The molecular weight excluding hydrogens is 274 g/mol. The van der Waals surface area contributed by atoms with E-state index in [0.29, 0.717) is 23.0 Å². The second-order valence-corrected chi connectivity index (χ2v) is 4.95. The zero-order valence-corrected chi connectivity index (χ0v) is 12.7. The number of methoxy groups -OCH3 is 1. The molecule has 6 heteroatoms. The van der Waals surface area contributed by atoms with Gasteiger partial charge in [-0.1, -0.05) is 31.3 Å². The molecule has 1 aromatic carbocycles. The molecule has 3 N–H and O–H groups in total. The van der Waals surface area contributed by atoms with Gasteiger partial charge in [-0.3, -0.25) is 9.69 Å². The number of benzene rings is 1. The van der Waals surface area contributed by atoms with Crippen molar-refractivity contribution in [1.82, 2.24) is 4.90 Å². The molecule has 0 heterocycles. The predicted molar refractivity (Wildman–Crippen MR) is 85.1 cm³/mol. The highest BCUT2D eigenvalue weighted by Crippen LogP contribution is 2.22. The molecule has 0 aliphatic heterocycles. The van der Waals surface area contributed by atoms with E-state index in [9.17, 15) is 4.79 Å². The Balaban J connectivity index is 2.62. The van der Waals surface area contributed by atoms with Gasteiger partial charge in [0, 0.05) is 6.54 Å². The van der Waals surface area contributed by atoms with Crippen molar-refractivity contribution in [2.75, 3.05) is 32.1 Å². The van der Waals surface area contributed by atoms with Gasteiger partial charge in [-0.2, -0.15) is 0 Å². The molecule has 5 nitrogen and oxygen atoms in total. The van der Waals surface area contributed by atoms with Gasteiger partial charge in [-0.15, -0.1) is 0 Å². The Morgan fingerprint density at radius 3 is 2.70 bits per heavy atom. The Kier molecular flexibility index (Phi) is 6.97.